The molecule has 0 aliphatic rings. The normalized spacial score (nSPS) is 12.1. The van der Waals surface area contributed by atoms with Gasteiger partial charge in [0.25, 0.3) is 5.56 Å². The monoisotopic (exact) mass is 476 g/mol. The molecule has 0 fully saturated rings. The smallest absolute Gasteiger partial charge is 0.276 e. The van der Waals surface area contributed by atoms with Crippen LogP contribution in [0.15, 0.2) is 65.6 Å². The molecule has 2 aromatic carbocycles. The van der Waals surface area contributed by atoms with E-state index in [1.165, 1.54) is 10.2 Å². The zero-order chi connectivity index (χ0) is 24.2. The molecule has 1 amide bonds. The largest absolute Gasteiger partial charge is 0.352 e. The van der Waals surface area contributed by atoms with Crippen LogP contribution in [0.5, 0.6) is 0 Å². The molecular formula is C27H29ClN4O2. The maximum Gasteiger partial charge on any atom is 0.276 e. The lowest BCUT2D eigenvalue weighted by molar-refractivity contribution is -0.122. The van der Waals surface area contributed by atoms with Crippen LogP contribution in [0.4, 0.5) is 0 Å². The summed E-state index contributed by atoms with van der Waals surface area (Å²) in [5.74, 6) is -0.223. The van der Waals surface area contributed by atoms with Gasteiger partial charge in [0, 0.05) is 34.4 Å². The van der Waals surface area contributed by atoms with Gasteiger partial charge in [0.15, 0.2) is 0 Å². The zero-order valence-electron chi connectivity index (χ0n) is 19.7. The summed E-state index contributed by atoms with van der Waals surface area (Å²) < 4.78 is 3.32. The van der Waals surface area contributed by atoms with Gasteiger partial charge in [-0.05, 0) is 50.8 Å². The van der Waals surface area contributed by atoms with Gasteiger partial charge >= 0.3 is 0 Å². The van der Waals surface area contributed by atoms with Crippen LogP contribution in [0.1, 0.15) is 35.9 Å². The van der Waals surface area contributed by atoms with E-state index in [1.54, 1.807) is 6.20 Å². The van der Waals surface area contributed by atoms with Crippen LogP contribution < -0.4 is 10.9 Å². The number of nitrogens with one attached hydrogen (secondary N) is 1. The molecule has 0 saturated carbocycles. The molecule has 2 heterocycles. The first-order chi connectivity index (χ1) is 16.3. The minimum absolute atomic E-state index is 0.00664. The Hall–Kier alpha value is -3.38. The lowest BCUT2D eigenvalue weighted by Crippen LogP contribution is -2.38. The second kappa shape index (κ2) is 10.3. The Labute approximate surface area is 204 Å². The maximum absolute atomic E-state index is 13.2. The number of fused-ring (bicyclic) bond motifs is 1. The number of amides is 1. The second-order valence-corrected chi connectivity index (χ2v) is 9.14. The van der Waals surface area contributed by atoms with Gasteiger partial charge in [0.1, 0.15) is 6.54 Å². The van der Waals surface area contributed by atoms with E-state index < -0.39 is 0 Å². The molecular weight excluding hydrogens is 448 g/mol. The van der Waals surface area contributed by atoms with E-state index in [9.17, 15) is 9.59 Å². The molecule has 0 radical (unpaired) electrons. The number of carbonyl (C=O) groups excluding carboxylic acids is 1. The fourth-order valence-corrected chi connectivity index (χ4v) is 4.54. The van der Waals surface area contributed by atoms with Crippen molar-refractivity contribution in [3.05, 3.63) is 98.7 Å². The number of hydrogen-bond donors (Lipinski definition) is 1. The number of rotatable bonds is 8. The third-order valence-electron chi connectivity index (χ3n) is 6.30. The highest BCUT2D eigenvalue weighted by molar-refractivity contribution is 6.31. The molecule has 0 unspecified atom stereocenters. The number of carbonyl (C=O) groups is 1. The SMILES string of the molecule is Cc1c2cnn(CC(=O)N[C@H](C)CCc3ccccc3)c(=O)c2c(C)n1Cc1ccccc1Cl. The fourth-order valence-electron chi connectivity index (χ4n) is 4.35. The van der Waals surface area contributed by atoms with E-state index in [0.717, 1.165) is 35.2 Å². The molecule has 176 valence electrons. The van der Waals surface area contributed by atoms with Gasteiger partial charge in [-0.3, -0.25) is 9.59 Å². The first-order valence-corrected chi connectivity index (χ1v) is 11.8. The Kier molecular flexibility index (Phi) is 7.17. The first-order valence-electron chi connectivity index (χ1n) is 11.5. The summed E-state index contributed by atoms with van der Waals surface area (Å²) in [6, 6.07) is 17.8. The average Bonchev–Trinajstić information content (AvgIpc) is 3.06. The Balaban J connectivity index is 1.49. The van der Waals surface area contributed by atoms with Crippen LogP contribution in [0.3, 0.4) is 0 Å². The van der Waals surface area contributed by atoms with Crippen molar-refractivity contribution in [1.29, 1.82) is 0 Å². The van der Waals surface area contributed by atoms with Gasteiger partial charge in [-0.15, -0.1) is 0 Å². The molecule has 0 aliphatic heterocycles. The Morgan fingerprint density at radius 1 is 1.06 bits per heavy atom. The van der Waals surface area contributed by atoms with Crippen molar-refractivity contribution in [3.8, 4) is 0 Å². The van der Waals surface area contributed by atoms with E-state index >= 15 is 0 Å². The summed E-state index contributed by atoms with van der Waals surface area (Å²) in [4.78, 5) is 25.9. The number of aryl methyl sites for hydroxylation is 3. The molecule has 0 bridgehead atoms. The highest BCUT2D eigenvalue weighted by Crippen LogP contribution is 2.25. The molecule has 0 saturated heterocycles. The van der Waals surface area contributed by atoms with Gasteiger partial charge in [-0.2, -0.15) is 5.10 Å². The van der Waals surface area contributed by atoms with Gasteiger partial charge in [-0.25, -0.2) is 4.68 Å². The van der Waals surface area contributed by atoms with Crippen LogP contribution in [0, 0.1) is 13.8 Å². The van der Waals surface area contributed by atoms with Crippen molar-refractivity contribution < 1.29 is 4.79 Å². The van der Waals surface area contributed by atoms with Crippen LogP contribution in [-0.2, 0) is 24.3 Å². The second-order valence-electron chi connectivity index (χ2n) is 8.74. The van der Waals surface area contributed by atoms with E-state index in [-0.39, 0.29) is 24.1 Å². The van der Waals surface area contributed by atoms with Crippen molar-refractivity contribution in [1.82, 2.24) is 19.7 Å². The number of hydrogen-bond acceptors (Lipinski definition) is 3. The minimum atomic E-state index is -0.261. The molecule has 1 N–H and O–H groups in total. The Morgan fingerprint density at radius 3 is 2.50 bits per heavy atom. The van der Waals surface area contributed by atoms with Gasteiger partial charge in [0.05, 0.1) is 11.6 Å². The summed E-state index contributed by atoms with van der Waals surface area (Å²) in [5.41, 5.74) is 3.74. The summed E-state index contributed by atoms with van der Waals surface area (Å²) >= 11 is 6.35. The molecule has 1 atom stereocenters. The van der Waals surface area contributed by atoms with Crippen molar-refractivity contribution in [3.63, 3.8) is 0 Å². The van der Waals surface area contributed by atoms with E-state index in [4.69, 9.17) is 11.6 Å². The molecule has 7 heteroatoms. The molecule has 0 spiro atoms. The third-order valence-corrected chi connectivity index (χ3v) is 6.67. The van der Waals surface area contributed by atoms with Crippen LogP contribution in [-0.4, -0.2) is 26.3 Å². The summed E-state index contributed by atoms with van der Waals surface area (Å²) in [7, 11) is 0. The Bertz CT molecular complexity index is 1370. The minimum Gasteiger partial charge on any atom is -0.352 e. The predicted octanol–water partition coefficient (Wildman–Crippen LogP) is 4.65. The first kappa shape index (κ1) is 23.8. The topological polar surface area (TPSA) is 68.9 Å². The molecule has 4 aromatic rings. The van der Waals surface area contributed by atoms with E-state index in [1.807, 2.05) is 63.2 Å². The molecule has 2 aromatic heterocycles. The van der Waals surface area contributed by atoms with E-state index in [0.29, 0.717) is 17.0 Å². The van der Waals surface area contributed by atoms with Gasteiger partial charge in [-0.1, -0.05) is 60.1 Å². The van der Waals surface area contributed by atoms with Gasteiger partial charge in [0.2, 0.25) is 5.91 Å². The molecule has 6 nitrogen and oxygen atoms in total. The molecule has 4 rings (SSSR count). The summed E-state index contributed by atoms with van der Waals surface area (Å²) in [6.45, 7) is 6.31. The maximum atomic E-state index is 13.2. The quantitative estimate of drug-likeness (QED) is 0.402. The number of benzene rings is 2. The zero-order valence-corrected chi connectivity index (χ0v) is 20.5. The van der Waals surface area contributed by atoms with Crippen LogP contribution >= 0.6 is 11.6 Å². The van der Waals surface area contributed by atoms with Crippen molar-refractivity contribution in [2.24, 2.45) is 0 Å². The lowest BCUT2D eigenvalue weighted by atomic mass is 10.1. The summed E-state index contributed by atoms with van der Waals surface area (Å²) in [6.07, 6.45) is 3.37. The Morgan fingerprint density at radius 2 is 1.76 bits per heavy atom. The molecule has 34 heavy (non-hydrogen) atoms. The summed E-state index contributed by atoms with van der Waals surface area (Å²) in [5, 5.41) is 9.35. The predicted molar refractivity (Wildman–Crippen MR) is 136 cm³/mol. The average molecular weight is 477 g/mol. The number of halogens is 1. The standard InChI is InChI=1S/C27H29ClN4O2/c1-18(13-14-21-9-5-4-6-10-21)30-25(33)17-32-27(34)26-20(3)31(19(2)23(26)15-29-32)16-22-11-7-8-12-24(22)28/h4-12,15,18H,13-14,16-17H2,1-3H3,(H,30,33)/t18-/m1/s1. The fraction of sp³-hybridized carbons (Fsp3) is 0.296. The highest BCUT2D eigenvalue weighted by Gasteiger charge is 2.18. The molecule has 0 aliphatic carbocycles. The lowest BCUT2D eigenvalue weighted by Gasteiger charge is -2.14. The number of aromatic nitrogens is 3. The van der Waals surface area contributed by atoms with Crippen molar-refractivity contribution in [2.45, 2.75) is 52.7 Å². The highest BCUT2D eigenvalue weighted by atomic mass is 35.5. The number of nitrogens with zero attached hydrogens (tertiary/aromatic N) is 3. The van der Waals surface area contributed by atoms with Crippen LogP contribution in [0.2, 0.25) is 5.02 Å². The van der Waals surface area contributed by atoms with Crippen molar-refractivity contribution >= 4 is 28.3 Å². The van der Waals surface area contributed by atoms with Gasteiger partial charge < -0.3 is 9.88 Å². The van der Waals surface area contributed by atoms with E-state index in [2.05, 4.69) is 27.1 Å². The van der Waals surface area contributed by atoms with Crippen LogP contribution in [0.25, 0.3) is 10.8 Å². The third kappa shape index (κ3) is 5.07. The van der Waals surface area contributed by atoms with Crippen molar-refractivity contribution in [2.75, 3.05) is 0 Å².